The van der Waals surface area contributed by atoms with Gasteiger partial charge in [0.1, 0.15) is 6.29 Å². The van der Waals surface area contributed by atoms with Crippen molar-refractivity contribution in [3.63, 3.8) is 0 Å². The summed E-state index contributed by atoms with van der Waals surface area (Å²) in [5, 5.41) is 5.00. The summed E-state index contributed by atoms with van der Waals surface area (Å²) >= 11 is 0. The minimum absolute atomic E-state index is 0. The van der Waals surface area contributed by atoms with Crippen LogP contribution in [0.5, 0.6) is 0 Å². The summed E-state index contributed by atoms with van der Waals surface area (Å²) in [4.78, 5) is 28.5. The molecule has 0 fully saturated rings. The Kier molecular flexibility index (Phi) is 49.1. The van der Waals surface area contributed by atoms with Crippen molar-refractivity contribution in [2.45, 2.75) is 53.6 Å². The van der Waals surface area contributed by atoms with E-state index in [-0.39, 0.29) is 18.0 Å². The predicted octanol–water partition coefficient (Wildman–Crippen LogP) is -0.892. The molecule has 0 aliphatic carbocycles. The van der Waals surface area contributed by atoms with E-state index in [1.54, 1.807) is 7.11 Å². The third-order valence-corrected chi connectivity index (χ3v) is 2.51. The second-order valence-electron chi connectivity index (χ2n) is 6.82. The molecule has 31 heavy (non-hydrogen) atoms. The third kappa shape index (κ3) is 84.1. The lowest BCUT2D eigenvalue weighted by molar-refractivity contribution is -0.111. The highest BCUT2D eigenvalue weighted by Crippen LogP contribution is 2.03. The van der Waals surface area contributed by atoms with Crippen LogP contribution in [-0.4, -0.2) is 58.0 Å². The van der Waals surface area contributed by atoms with Gasteiger partial charge in [-0.1, -0.05) is 43.4 Å². The molecule has 0 aromatic carbocycles. The van der Waals surface area contributed by atoms with Crippen LogP contribution >= 0.6 is 0 Å². The second kappa shape index (κ2) is 35.4. The molecule has 0 rings (SSSR count). The van der Waals surface area contributed by atoms with Crippen LogP contribution < -0.4 is 34.5 Å². The predicted molar refractivity (Wildman–Crippen MR) is 128 cm³/mol. The van der Waals surface area contributed by atoms with Gasteiger partial charge in [0.25, 0.3) is 0 Å². The average Bonchev–Trinajstić information content (AvgIpc) is 2.72. The van der Waals surface area contributed by atoms with E-state index in [0.717, 1.165) is 23.0 Å². The second-order valence-corrected chi connectivity index (χ2v) is 6.82. The molecule has 0 heterocycles. The lowest BCUT2D eigenvalue weighted by Crippen LogP contribution is -3.00. The molecule has 0 atom stereocenters. The van der Waals surface area contributed by atoms with Crippen LogP contribution in [0.1, 0.15) is 48.0 Å². The van der Waals surface area contributed by atoms with Crippen molar-refractivity contribution in [3.8, 4) is 0 Å². The van der Waals surface area contributed by atoms with E-state index in [1.165, 1.54) is 0 Å². The summed E-state index contributed by atoms with van der Waals surface area (Å²) in [6.07, 6.45) is 2.84. The molecule has 0 saturated carbocycles. The number of aldehydes is 1. The fourth-order valence-corrected chi connectivity index (χ4v) is 0.576. The number of hydrogen-bond donors (Lipinski definition) is 4. The lowest BCUT2D eigenvalue weighted by atomic mass is 10.1. The molecule has 0 saturated heterocycles. The number of methoxy groups -OCH3 is 1. The maximum absolute atomic E-state index is 9.80. The maximum atomic E-state index is 9.80. The van der Waals surface area contributed by atoms with Gasteiger partial charge in [0.05, 0.1) is 5.60 Å². The van der Waals surface area contributed by atoms with Gasteiger partial charge in [0, 0.05) is 39.7 Å². The van der Waals surface area contributed by atoms with Crippen LogP contribution in [0, 0.1) is 0 Å². The third-order valence-electron chi connectivity index (χ3n) is 2.51. The molecule has 0 radical (unpaired) electrons. The number of nitrogens with one attached hydrogen (secondary N) is 2. The van der Waals surface area contributed by atoms with Crippen LogP contribution in [0.4, 0.5) is 0 Å². The molecule has 6 N–H and O–H groups in total. The van der Waals surface area contributed by atoms with Gasteiger partial charge < -0.3 is 44.0 Å². The summed E-state index contributed by atoms with van der Waals surface area (Å²) in [7, 11) is 1.62. The Hall–Kier alpha value is -2.00. The SMILES string of the molecule is C=C(C)CN.C=C(C)CN.C=C(C)CNC=O.CCC=O.COC(C)(C)CNC=O.[Cl-]. The van der Waals surface area contributed by atoms with E-state index < -0.39 is 0 Å². The molecule has 0 aliphatic heterocycles. The van der Waals surface area contributed by atoms with E-state index in [1.807, 2.05) is 41.5 Å². The highest BCUT2D eigenvalue weighted by molar-refractivity contribution is 5.48. The number of halogens is 1. The smallest absolute Gasteiger partial charge is 0.207 e. The van der Waals surface area contributed by atoms with E-state index in [0.29, 0.717) is 45.4 Å². The Labute approximate surface area is 196 Å². The van der Waals surface area contributed by atoms with Crippen molar-refractivity contribution in [3.05, 3.63) is 36.5 Å². The molecule has 0 bridgehead atoms. The molecule has 0 aliphatic rings. The molecule has 8 nitrogen and oxygen atoms in total. The number of ether oxygens (including phenoxy) is 1. The zero-order valence-corrected chi connectivity index (χ0v) is 21.3. The van der Waals surface area contributed by atoms with Crippen molar-refractivity contribution in [2.75, 3.05) is 33.3 Å². The number of nitrogens with two attached hydrogens (primary N) is 2. The zero-order chi connectivity index (χ0) is 25.0. The van der Waals surface area contributed by atoms with Gasteiger partial charge in [-0.25, -0.2) is 0 Å². The topological polar surface area (TPSA) is 137 Å². The molecule has 2 amide bonds. The quantitative estimate of drug-likeness (QED) is 0.244. The molecule has 0 spiro atoms. The van der Waals surface area contributed by atoms with Gasteiger partial charge in [-0.15, -0.1) is 0 Å². The van der Waals surface area contributed by atoms with Crippen molar-refractivity contribution in [2.24, 2.45) is 11.5 Å². The van der Waals surface area contributed by atoms with Gasteiger partial charge >= 0.3 is 0 Å². The van der Waals surface area contributed by atoms with Gasteiger partial charge in [-0.3, -0.25) is 9.59 Å². The van der Waals surface area contributed by atoms with E-state index in [2.05, 4.69) is 30.4 Å². The first kappa shape index (κ1) is 43.0. The number of amides is 2. The van der Waals surface area contributed by atoms with Gasteiger partial charge in [0.15, 0.2) is 0 Å². The minimum Gasteiger partial charge on any atom is -1.00 e. The molecule has 0 aromatic heterocycles. The lowest BCUT2D eigenvalue weighted by Gasteiger charge is -2.21. The van der Waals surface area contributed by atoms with Crippen LogP contribution in [0.25, 0.3) is 0 Å². The van der Waals surface area contributed by atoms with Crippen LogP contribution in [0.2, 0.25) is 0 Å². The monoisotopic (exact) mass is 465 g/mol. The summed E-state index contributed by atoms with van der Waals surface area (Å²) in [6, 6.07) is 0. The van der Waals surface area contributed by atoms with Gasteiger partial charge in [-0.05, 0) is 34.6 Å². The van der Waals surface area contributed by atoms with E-state index >= 15 is 0 Å². The van der Waals surface area contributed by atoms with E-state index in [9.17, 15) is 14.4 Å². The largest absolute Gasteiger partial charge is 1.00 e. The van der Waals surface area contributed by atoms with Gasteiger partial charge in [-0.2, -0.15) is 0 Å². The normalized spacial score (nSPS) is 8.16. The fourth-order valence-electron chi connectivity index (χ4n) is 0.576. The standard InChI is InChI=1S/C6H13NO2.C5H9NO.2C4H9N.C3H6O.ClH/c1-6(2,9-3)4-7-5-8;1-5(2)3-6-4-7;2*1-4(2)3-5;1-2-3-4;/h5H,4H2,1-3H3,(H,7,8);4H,1,3H2,2H3,(H,6,7);2*1,3,5H2,2H3;3H,2H2,1H3;1H/p-1. The first-order valence-corrected chi connectivity index (χ1v) is 9.51. The Bertz CT molecular complexity index is 443. The van der Waals surface area contributed by atoms with Crippen LogP contribution in [0.3, 0.4) is 0 Å². The highest BCUT2D eigenvalue weighted by atomic mass is 35.5. The molecule has 9 heteroatoms. The van der Waals surface area contributed by atoms with E-state index in [4.69, 9.17) is 16.2 Å². The van der Waals surface area contributed by atoms with Crippen LogP contribution in [-0.2, 0) is 19.1 Å². The Balaban J connectivity index is -0.0000000645. The number of hydrogen-bond acceptors (Lipinski definition) is 6. The molecule has 186 valence electrons. The zero-order valence-electron chi connectivity index (χ0n) is 20.6. The summed E-state index contributed by atoms with van der Waals surface area (Å²) < 4.78 is 5.02. The molecular formula is C22H46ClN4O4-. The van der Waals surface area contributed by atoms with Crippen LogP contribution in [0.15, 0.2) is 36.5 Å². The minimum atomic E-state index is -0.249. The number of rotatable bonds is 10. The fraction of sp³-hybridized carbons (Fsp3) is 0.591. The highest BCUT2D eigenvalue weighted by Gasteiger charge is 2.14. The first-order chi connectivity index (χ1) is 13.8. The first-order valence-electron chi connectivity index (χ1n) is 9.51. The Morgan fingerprint density at radius 1 is 0.903 bits per heavy atom. The van der Waals surface area contributed by atoms with Gasteiger partial charge in [0.2, 0.25) is 12.8 Å². The molecular weight excluding hydrogens is 420 g/mol. The van der Waals surface area contributed by atoms with Crippen molar-refractivity contribution in [1.82, 2.24) is 10.6 Å². The number of carbonyl (C=O) groups is 3. The Morgan fingerprint density at radius 3 is 1.35 bits per heavy atom. The maximum Gasteiger partial charge on any atom is 0.207 e. The number of carbonyl (C=O) groups excluding carboxylic acids is 3. The van der Waals surface area contributed by atoms with Crippen molar-refractivity contribution < 1.29 is 31.5 Å². The summed E-state index contributed by atoms with van der Waals surface area (Å²) in [6.45, 7) is 24.3. The summed E-state index contributed by atoms with van der Waals surface area (Å²) in [5.74, 6) is 0. The molecule has 0 aromatic rings. The summed E-state index contributed by atoms with van der Waals surface area (Å²) in [5.41, 5.74) is 12.9. The Morgan fingerprint density at radius 2 is 1.23 bits per heavy atom. The molecule has 0 unspecified atom stereocenters. The van der Waals surface area contributed by atoms with Crippen molar-refractivity contribution in [1.29, 1.82) is 0 Å². The van der Waals surface area contributed by atoms with Crippen molar-refractivity contribution >= 4 is 19.1 Å². The average molecular weight is 466 g/mol.